The van der Waals surface area contributed by atoms with Crippen molar-refractivity contribution < 1.29 is 9.90 Å². The SMILES string of the molecule is C[C@]12CCC(=O)C=C1CC[C@@H]1[C@@H]2CC[C@@]2(C)[C@H]1CC[C@]2(O)c1csc(Nc2ccccc2)n1. The monoisotopic (exact) mass is 462 g/mol. The molecule has 174 valence electrons. The van der Waals surface area contributed by atoms with Crippen LogP contribution in [0.5, 0.6) is 0 Å². The summed E-state index contributed by atoms with van der Waals surface area (Å²) >= 11 is 1.58. The van der Waals surface area contributed by atoms with Gasteiger partial charge in [-0.05, 0) is 86.3 Å². The molecule has 4 nitrogen and oxygen atoms in total. The van der Waals surface area contributed by atoms with Gasteiger partial charge in [-0.2, -0.15) is 0 Å². The normalized spacial score (nSPS) is 39.9. The van der Waals surface area contributed by atoms with Gasteiger partial charge in [0.1, 0.15) is 5.60 Å². The average molecular weight is 463 g/mol. The van der Waals surface area contributed by atoms with Gasteiger partial charge in [-0.1, -0.05) is 37.6 Å². The number of hydrogen-bond donors (Lipinski definition) is 2. The molecule has 3 saturated carbocycles. The van der Waals surface area contributed by atoms with Crippen molar-refractivity contribution in [2.24, 2.45) is 28.6 Å². The molecule has 0 amide bonds. The van der Waals surface area contributed by atoms with Gasteiger partial charge >= 0.3 is 0 Å². The second kappa shape index (κ2) is 7.51. The van der Waals surface area contributed by atoms with Crippen LogP contribution < -0.4 is 5.32 Å². The molecule has 0 spiro atoms. The van der Waals surface area contributed by atoms with E-state index in [0.29, 0.717) is 30.0 Å². The van der Waals surface area contributed by atoms with Crippen LogP contribution in [0.25, 0.3) is 0 Å². The standard InChI is InChI=1S/C28H34N2O2S/c1-26-13-10-20(31)16-18(26)8-9-21-22(26)11-14-27(2)23(21)12-15-28(27,32)24-17-33-25(30-24)29-19-6-4-3-5-7-19/h3-7,16-17,21-23,32H,8-15H2,1-2H3,(H,29,30)/t21-,22+,23+,26+,27+,28+/m1/s1. The van der Waals surface area contributed by atoms with Gasteiger partial charge in [0.25, 0.3) is 0 Å². The smallest absolute Gasteiger partial charge is 0.187 e. The van der Waals surface area contributed by atoms with E-state index >= 15 is 0 Å². The molecule has 0 saturated heterocycles. The Morgan fingerprint density at radius 3 is 2.64 bits per heavy atom. The molecule has 1 heterocycles. The molecule has 2 aromatic rings. The lowest BCUT2D eigenvalue weighted by Gasteiger charge is -2.59. The second-order valence-corrected chi connectivity index (χ2v) is 12.2. The predicted octanol–water partition coefficient (Wildman–Crippen LogP) is 6.61. The Labute approximate surface area is 200 Å². The van der Waals surface area contributed by atoms with Gasteiger partial charge in [-0.3, -0.25) is 4.79 Å². The van der Waals surface area contributed by atoms with Gasteiger partial charge in [-0.15, -0.1) is 11.3 Å². The summed E-state index contributed by atoms with van der Waals surface area (Å²) in [6, 6.07) is 10.1. The van der Waals surface area contributed by atoms with Crippen molar-refractivity contribution in [3.63, 3.8) is 0 Å². The van der Waals surface area contributed by atoms with Gasteiger partial charge in [0.05, 0.1) is 5.69 Å². The lowest BCUT2D eigenvalue weighted by atomic mass is 9.46. The summed E-state index contributed by atoms with van der Waals surface area (Å²) in [6.07, 6.45) is 9.94. The van der Waals surface area contributed by atoms with Crippen LogP contribution in [0.1, 0.15) is 70.9 Å². The molecule has 6 rings (SSSR count). The van der Waals surface area contributed by atoms with Crippen molar-refractivity contribution in [1.82, 2.24) is 4.98 Å². The van der Waals surface area contributed by atoms with E-state index in [-0.39, 0.29) is 10.8 Å². The van der Waals surface area contributed by atoms with Crippen molar-refractivity contribution in [1.29, 1.82) is 0 Å². The first kappa shape index (κ1) is 21.5. The molecule has 0 bridgehead atoms. The third kappa shape index (κ3) is 3.11. The molecule has 5 heteroatoms. The molecule has 1 aromatic heterocycles. The first-order valence-electron chi connectivity index (χ1n) is 12.6. The Morgan fingerprint density at radius 2 is 1.82 bits per heavy atom. The molecule has 33 heavy (non-hydrogen) atoms. The van der Waals surface area contributed by atoms with Crippen LogP contribution in [0.2, 0.25) is 0 Å². The number of carbonyl (C=O) groups is 1. The highest BCUT2D eigenvalue weighted by Crippen LogP contribution is 2.69. The number of ketones is 1. The predicted molar refractivity (Wildman–Crippen MR) is 132 cm³/mol. The van der Waals surface area contributed by atoms with E-state index in [1.807, 2.05) is 36.4 Å². The topological polar surface area (TPSA) is 62.2 Å². The molecule has 0 aliphatic heterocycles. The zero-order valence-corrected chi connectivity index (χ0v) is 20.5. The second-order valence-electron chi connectivity index (χ2n) is 11.4. The summed E-state index contributed by atoms with van der Waals surface area (Å²) in [7, 11) is 0. The summed E-state index contributed by atoms with van der Waals surface area (Å²) in [5, 5.41) is 18.5. The number of para-hydroxylation sites is 1. The number of rotatable bonds is 3. The Kier molecular flexibility index (Phi) is 4.90. The Hall–Kier alpha value is -1.98. The van der Waals surface area contributed by atoms with Gasteiger partial charge in [-0.25, -0.2) is 4.98 Å². The maximum absolute atomic E-state index is 12.2. The summed E-state index contributed by atoms with van der Waals surface area (Å²) in [6.45, 7) is 4.76. The van der Waals surface area contributed by atoms with Crippen LogP contribution in [0.15, 0.2) is 47.4 Å². The van der Waals surface area contributed by atoms with Gasteiger partial charge in [0.2, 0.25) is 0 Å². The molecule has 1 aromatic carbocycles. The zero-order chi connectivity index (χ0) is 22.8. The summed E-state index contributed by atoms with van der Waals surface area (Å²) in [5.41, 5.74) is 2.44. The van der Waals surface area contributed by atoms with Gasteiger partial charge in [0.15, 0.2) is 10.9 Å². The lowest BCUT2D eigenvalue weighted by Crippen LogP contribution is -2.53. The van der Waals surface area contributed by atoms with Crippen LogP contribution in [0, 0.1) is 28.6 Å². The fraction of sp³-hybridized carbons (Fsp3) is 0.571. The van der Waals surface area contributed by atoms with E-state index in [1.54, 1.807) is 11.3 Å². The Bertz CT molecular complexity index is 1110. The number of aliphatic hydroxyl groups is 1. The number of allylic oxidation sites excluding steroid dienone is 1. The highest BCUT2D eigenvalue weighted by atomic mass is 32.1. The Balaban J connectivity index is 1.28. The van der Waals surface area contributed by atoms with Crippen LogP contribution in [-0.2, 0) is 10.4 Å². The molecule has 4 aliphatic carbocycles. The van der Waals surface area contributed by atoms with Crippen molar-refractivity contribution >= 4 is 27.9 Å². The molecule has 0 radical (unpaired) electrons. The van der Waals surface area contributed by atoms with Gasteiger partial charge < -0.3 is 10.4 Å². The summed E-state index contributed by atoms with van der Waals surface area (Å²) in [4.78, 5) is 17.0. The van der Waals surface area contributed by atoms with Crippen molar-refractivity contribution in [3.8, 4) is 0 Å². The zero-order valence-electron chi connectivity index (χ0n) is 19.6. The first-order valence-corrected chi connectivity index (χ1v) is 13.5. The number of aromatic nitrogens is 1. The third-order valence-electron chi connectivity index (χ3n) is 10.1. The molecule has 6 atom stereocenters. The highest BCUT2D eigenvalue weighted by Gasteiger charge is 2.65. The molecule has 4 aliphatic rings. The van der Waals surface area contributed by atoms with E-state index in [9.17, 15) is 9.90 Å². The van der Waals surface area contributed by atoms with E-state index in [4.69, 9.17) is 4.98 Å². The molecule has 2 N–H and O–H groups in total. The molecular weight excluding hydrogens is 428 g/mol. The number of anilines is 2. The van der Waals surface area contributed by atoms with E-state index in [2.05, 4.69) is 24.5 Å². The van der Waals surface area contributed by atoms with Crippen LogP contribution in [-0.4, -0.2) is 15.9 Å². The molecule has 3 fully saturated rings. The number of fused-ring (bicyclic) bond motifs is 5. The summed E-state index contributed by atoms with van der Waals surface area (Å²) in [5.74, 6) is 2.11. The number of nitrogens with zero attached hydrogens (tertiary/aromatic N) is 1. The van der Waals surface area contributed by atoms with Crippen LogP contribution in [0.3, 0.4) is 0 Å². The number of benzene rings is 1. The number of nitrogens with one attached hydrogen (secondary N) is 1. The van der Waals surface area contributed by atoms with E-state index in [1.165, 1.54) is 5.57 Å². The largest absolute Gasteiger partial charge is 0.383 e. The van der Waals surface area contributed by atoms with Gasteiger partial charge in [0, 0.05) is 22.9 Å². The minimum absolute atomic E-state index is 0.145. The van der Waals surface area contributed by atoms with Crippen molar-refractivity contribution in [2.75, 3.05) is 5.32 Å². The average Bonchev–Trinajstić information content (AvgIpc) is 3.38. The Morgan fingerprint density at radius 1 is 1.03 bits per heavy atom. The van der Waals surface area contributed by atoms with Crippen LogP contribution in [0.4, 0.5) is 10.8 Å². The minimum Gasteiger partial charge on any atom is -0.383 e. The highest BCUT2D eigenvalue weighted by molar-refractivity contribution is 7.13. The maximum Gasteiger partial charge on any atom is 0.187 e. The van der Waals surface area contributed by atoms with E-state index in [0.717, 1.165) is 61.5 Å². The first-order chi connectivity index (χ1) is 15.8. The molecular formula is C28H34N2O2S. The quantitative estimate of drug-likeness (QED) is 0.539. The fourth-order valence-corrected chi connectivity index (χ4v) is 8.96. The summed E-state index contributed by atoms with van der Waals surface area (Å²) < 4.78 is 0. The fourth-order valence-electron chi connectivity index (χ4n) is 8.16. The van der Waals surface area contributed by atoms with Crippen LogP contribution >= 0.6 is 11.3 Å². The number of hydrogen-bond acceptors (Lipinski definition) is 5. The third-order valence-corrected chi connectivity index (χ3v) is 10.8. The molecule has 0 unspecified atom stereocenters. The lowest BCUT2D eigenvalue weighted by molar-refractivity contribution is -0.135. The minimum atomic E-state index is -0.866. The number of thiazole rings is 1. The maximum atomic E-state index is 12.2. The van der Waals surface area contributed by atoms with E-state index < -0.39 is 5.60 Å². The van der Waals surface area contributed by atoms with Crippen molar-refractivity contribution in [3.05, 3.63) is 53.1 Å². The number of carbonyl (C=O) groups excluding carboxylic acids is 1. The van der Waals surface area contributed by atoms with Crippen molar-refractivity contribution in [2.45, 2.75) is 70.8 Å².